The fourth-order valence-corrected chi connectivity index (χ4v) is 4.03. The second-order valence-corrected chi connectivity index (χ2v) is 7.56. The Morgan fingerprint density at radius 1 is 1.42 bits per heavy atom. The van der Waals surface area contributed by atoms with Crippen molar-refractivity contribution < 1.29 is 15.0 Å². The Labute approximate surface area is 145 Å². The number of carboxylic acids is 1. The number of hydrogen-bond donors (Lipinski definition) is 2. The average molecular weight is 346 g/mol. The first-order chi connectivity index (χ1) is 11.5. The van der Waals surface area contributed by atoms with Gasteiger partial charge in [0.1, 0.15) is 5.41 Å². The smallest absolute Gasteiger partial charge is 0.313 e. The lowest BCUT2D eigenvalue weighted by Crippen LogP contribution is -2.56. The minimum atomic E-state index is -1.18. The monoisotopic (exact) mass is 346 g/mol. The molecule has 2 N–H and O–H groups in total. The summed E-state index contributed by atoms with van der Waals surface area (Å²) in [6.45, 7) is 3.60. The number of aliphatic hydroxyl groups excluding tert-OH is 1. The lowest BCUT2D eigenvalue weighted by molar-refractivity contribution is -0.163. The maximum absolute atomic E-state index is 12.1. The molecule has 0 radical (unpaired) electrons. The van der Waals surface area contributed by atoms with Crippen molar-refractivity contribution in [2.45, 2.75) is 32.4 Å². The van der Waals surface area contributed by atoms with Gasteiger partial charge in [0, 0.05) is 25.0 Å². The van der Waals surface area contributed by atoms with Crippen molar-refractivity contribution in [2.75, 3.05) is 13.1 Å². The van der Waals surface area contributed by atoms with Crippen LogP contribution in [0.2, 0.25) is 0 Å². The molecule has 2 heterocycles. The number of thiazole rings is 1. The van der Waals surface area contributed by atoms with E-state index in [0.717, 1.165) is 16.3 Å². The van der Waals surface area contributed by atoms with Gasteiger partial charge in [-0.3, -0.25) is 9.69 Å². The highest BCUT2D eigenvalue weighted by Gasteiger charge is 2.49. The Hall–Kier alpha value is -1.76. The van der Waals surface area contributed by atoms with E-state index >= 15 is 0 Å². The first kappa shape index (κ1) is 17.1. The zero-order chi connectivity index (χ0) is 17.2. The van der Waals surface area contributed by atoms with Crippen molar-refractivity contribution in [1.82, 2.24) is 9.88 Å². The predicted molar refractivity (Wildman–Crippen MR) is 93.0 cm³/mol. The molecule has 6 heteroatoms. The van der Waals surface area contributed by atoms with Crippen molar-refractivity contribution in [3.8, 4) is 0 Å². The topological polar surface area (TPSA) is 73.7 Å². The molecule has 0 spiro atoms. The molecular weight excluding hydrogens is 324 g/mol. The van der Waals surface area contributed by atoms with Crippen LogP contribution in [0.15, 0.2) is 35.7 Å². The molecule has 0 bridgehead atoms. The summed E-state index contributed by atoms with van der Waals surface area (Å²) in [5.41, 5.74) is 0.725. The quantitative estimate of drug-likeness (QED) is 0.869. The van der Waals surface area contributed by atoms with Gasteiger partial charge in [-0.25, -0.2) is 4.98 Å². The van der Waals surface area contributed by atoms with Crippen LogP contribution in [0.3, 0.4) is 0 Å². The third kappa shape index (κ3) is 3.50. The van der Waals surface area contributed by atoms with Gasteiger partial charge in [0.2, 0.25) is 0 Å². The lowest BCUT2D eigenvalue weighted by atomic mass is 9.73. The standard InChI is InChI=1S/C18H22N2O3S/c1-13-19-15(11-24-13)10-20-8-7-16(21)18(12-20,17(22)23)9-14-5-3-2-4-6-14/h2-6,11,16,21H,7-10,12H2,1H3,(H,22,23)/t16-,18-/m0/s1. The molecule has 0 unspecified atom stereocenters. The van der Waals surface area contributed by atoms with E-state index in [9.17, 15) is 15.0 Å². The van der Waals surface area contributed by atoms with Crippen LogP contribution in [0.1, 0.15) is 22.7 Å². The lowest BCUT2D eigenvalue weighted by Gasteiger charge is -2.43. The predicted octanol–water partition coefficient (Wildman–Crippen LogP) is 2.33. The van der Waals surface area contributed by atoms with Crippen molar-refractivity contribution in [1.29, 1.82) is 0 Å². The summed E-state index contributed by atoms with van der Waals surface area (Å²) < 4.78 is 0. The van der Waals surface area contributed by atoms with Gasteiger partial charge in [0.05, 0.1) is 16.8 Å². The Balaban J connectivity index is 1.81. The van der Waals surface area contributed by atoms with Crippen molar-refractivity contribution in [2.24, 2.45) is 5.41 Å². The molecule has 1 saturated heterocycles. The summed E-state index contributed by atoms with van der Waals surface area (Å²) in [5, 5.41) is 23.5. The van der Waals surface area contributed by atoms with Crippen molar-refractivity contribution >= 4 is 17.3 Å². The van der Waals surface area contributed by atoms with Crippen LogP contribution in [0, 0.1) is 12.3 Å². The molecule has 2 aromatic rings. The Morgan fingerprint density at radius 2 is 2.17 bits per heavy atom. The van der Waals surface area contributed by atoms with Crippen LogP contribution in [0.5, 0.6) is 0 Å². The number of aryl methyl sites for hydroxylation is 1. The van der Waals surface area contributed by atoms with Crippen LogP contribution in [-0.2, 0) is 17.8 Å². The molecule has 1 aliphatic rings. The van der Waals surface area contributed by atoms with E-state index in [4.69, 9.17) is 0 Å². The second kappa shape index (κ2) is 7.01. The molecule has 2 atom stereocenters. The van der Waals surface area contributed by atoms with Crippen molar-refractivity contribution in [3.05, 3.63) is 52.0 Å². The summed E-state index contributed by atoms with van der Waals surface area (Å²) in [5.74, 6) is -0.932. The van der Waals surface area contributed by atoms with Gasteiger partial charge >= 0.3 is 5.97 Å². The number of aliphatic carboxylic acids is 1. The van der Waals surface area contributed by atoms with Gasteiger partial charge in [-0.2, -0.15) is 0 Å². The summed E-state index contributed by atoms with van der Waals surface area (Å²) in [7, 11) is 0. The van der Waals surface area contributed by atoms with Gasteiger partial charge in [-0.15, -0.1) is 11.3 Å². The number of piperidine rings is 1. The number of carbonyl (C=O) groups is 1. The molecule has 1 aliphatic heterocycles. The molecule has 3 rings (SSSR count). The first-order valence-corrected chi connectivity index (χ1v) is 8.96. The van der Waals surface area contributed by atoms with E-state index in [-0.39, 0.29) is 0 Å². The minimum Gasteiger partial charge on any atom is -0.481 e. The maximum Gasteiger partial charge on any atom is 0.313 e. The molecule has 0 saturated carbocycles. The van der Waals surface area contributed by atoms with E-state index in [1.807, 2.05) is 42.6 Å². The normalized spacial score (nSPS) is 24.8. The molecule has 1 fully saturated rings. The zero-order valence-electron chi connectivity index (χ0n) is 13.7. The second-order valence-electron chi connectivity index (χ2n) is 6.50. The number of nitrogens with zero attached hydrogens (tertiary/aromatic N) is 2. The van der Waals surface area contributed by atoms with Crippen LogP contribution >= 0.6 is 11.3 Å². The van der Waals surface area contributed by atoms with Gasteiger partial charge in [-0.05, 0) is 25.3 Å². The van der Waals surface area contributed by atoms with Crippen LogP contribution in [-0.4, -0.2) is 45.3 Å². The Morgan fingerprint density at radius 3 is 2.79 bits per heavy atom. The average Bonchev–Trinajstić information content (AvgIpc) is 2.96. The fourth-order valence-electron chi connectivity index (χ4n) is 3.43. The summed E-state index contributed by atoms with van der Waals surface area (Å²) in [4.78, 5) is 18.7. The Bertz CT molecular complexity index is 703. The highest BCUT2D eigenvalue weighted by molar-refractivity contribution is 7.09. The van der Waals surface area contributed by atoms with Gasteiger partial charge in [0.25, 0.3) is 0 Å². The third-order valence-corrected chi connectivity index (χ3v) is 5.53. The van der Waals surface area contributed by atoms with Crippen LogP contribution in [0.25, 0.3) is 0 Å². The summed E-state index contributed by atoms with van der Waals surface area (Å²) in [6, 6.07) is 9.54. The highest BCUT2D eigenvalue weighted by atomic mass is 32.1. The molecule has 128 valence electrons. The van der Waals surface area contributed by atoms with E-state index < -0.39 is 17.5 Å². The third-order valence-electron chi connectivity index (χ3n) is 4.70. The maximum atomic E-state index is 12.1. The van der Waals surface area contributed by atoms with E-state index in [1.165, 1.54) is 0 Å². The van der Waals surface area contributed by atoms with E-state index in [2.05, 4.69) is 9.88 Å². The molecule has 5 nitrogen and oxygen atoms in total. The zero-order valence-corrected chi connectivity index (χ0v) is 14.5. The first-order valence-electron chi connectivity index (χ1n) is 8.08. The highest BCUT2D eigenvalue weighted by Crippen LogP contribution is 2.35. The number of aromatic nitrogens is 1. The summed E-state index contributed by atoms with van der Waals surface area (Å²) in [6.07, 6.45) is -0.0530. The van der Waals surface area contributed by atoms with Crippen LogP contribution in [0.4, 0.5) is 0 Å². The van der Waals surface area contributed by atoms with Gasteiger partial charge < -0.3 is 10.2 Å². The minimum absolute atomic E-state index is 0.328. The molecule has 0 aliphatic carbocycles. The van der Waals surface area contributed by atoms with Crippen molar-refractivity contribution in [3.63, 3.8) is 0 Å². The SMILES string of the molecule is Cc1nc(CN2CC[C@H](O)[C@@](Cc3ccccc3)(C(=O)O)C2)cs1. The Kier molecular flexibility index (Phi) is 4.99. The number of carboxylic acid groups (broad SMARTS) is 1. The summed E-state index contributed by atoms with van der Waals surface area (Å²) >= 11 is 1.60. The number of likely N-dealkylation sites (tertiary alicyclic amines) is 1. The van der Waals surface area contributed by atoms with E-state index in [1.54, 1.807) is 11.3 Å². The van der Waals surface area contributed by atoms with Gasteiger partial charge in [-0.1, -0.05) is 30.3 Å². The number of rotatable bonds is 5. The largest absolute Gasteiger partial charge is 0.481 e. The molecule has 1 aromatic carbocycles. The number of benzene rings is 1. The van der Waals surface area contributed by atoms with Crippen LogP contribution < -0.4 is 0 Å². The van der Waals surface area contributed by atoms with Gasteiger partial charge in [0.15, 0.2) is 0 Å². The molecular formula is C18H22N2O3S. The number of aliphatic hydroxyl groups is 1. The number of hydrogen-bond acceptors (Lipinski definition) is 5. The molecule has 0 amide bonds. The molecule has 24 heavy (non-hydrogen) atoms. The van der Waals surface area contributed by atoms with E-state index in [0.29, 0.717) is 32.5 Å². The molecule has 1 aromatic heterocycles. The fraction of sp³-hybridized carbons (Fsp3) is 0.444.